The van der Waals surface area contributed by atoms with Crippen LogP contribution in [0.25, 0.3) is 0 Å². The largest absolute Gasteiger partial charge is 0.306 e. The predicted octanol–water partition coefficient (Wildman–Crippen LogP) is 5.22. The van der Waals surface area contributed by atoms with Crippen LogP contribution in [-0.2, 0) is 6.54 Å². The van der Waals surface area contributed by atoms with Crippen molar-refractivity contribution in [2.45, 2.75) is 32.4 Å². The van der Waals surface area contributed by atoms with Crippen LogP contribution in [0.1, 0.15) is 36.9 Å². The summed E-state index contributed by atoms with van der Waals surface area (Å²) in [7, 11) is 0. The molecule has 2 rings (SSSR count). The van der Waals surface area contributed by atoms with Crippen molar-refractivity contribution in [3.8, 4) is 0 Å². The Kier molecular flexibility index (Phi) is 5.74. The van der Waals surface area contributed by atoms with Crippen molar-refractivity contribution < 1.29 is 4.39 Å². The molecule has 0 heterocycles. The van der Waals surface area contributed by atoms with Crippen LogP contribution in [0.3, 0.4) is 0 Å². The lowest BCUT2D eigenvalue weighted by Crippen LogP contribution is -2.20. The highest BCUT2D eigenvalue weighted by molar-refractivity contribution is 9.10. The van der Waals surface area contributed by atoms with E-state index in [2.05, 4.69) is 52.4 Å². The predicted molar refractivity (Wildman–Crippen MR) is 85.0 cm³/mol. The van der Waals surface area contributed by atoms with Crippen LogP contribution in [0.4, 0.5) is 4.39 Å². The Balaban J connectivity index is 2.03. The lowest BCUT2D eigenvalue weighted by atomic mass is 10.0. The zero-order valence-electron chi connectivity index (χ0n) is 11.6. The second-order valence-corrected chi connectivity index (χ2v) is 5.74. The normalized spacial score (nSPS) is 12.3. The van der Waals surface area contributed by atoms with Gasteiger partial charge in [-0.25, -0.2) is 4.39 Å². The molecular formula is C17H19BrFN. The summed E-state index contributed by atoms with van der Waals surface area (Å²) < 4.78 is 14.0. The number of benzene rings is 2. The molecule has 0 spiro atoms. The number of hydrogen-bond donors (Lipinski definition) is 1. The van der Waals surface area contributed by atoms with E-state index in [1.165, 1.54) is 5.56 Å². The van der Waals surface area contributed by atoms with Gasteiger partial charge < -0.3 is 5.32 Å². The van der Waals surface area contributed by atoms with Crippen LogP contribution >= 0.6 is 15.9 Å². The van der Waals surface area contributed by atoms with Gasteiger partial charge in [0.25, 0.3) is 0 Å². The van der Waals surface area contributed by atoms with Crippen molar-refractivity contribution in [1.29, 1.82) is 0 Å². The second-order valence-electron chi connectivity index (χ2n) is 4.88. The summed E-state index contributed by atoms with van der Waals surface area (Å²) in [6, 6.07) is 16.0. The topological polar surface area (TPSA) is 12.0 Å². The van der Waals surface area contributed by atoms with Gasteiger partial charge in [0.05, 0.1) is 4.47 Å². The van der Waals surface area contributed by atoms with Crippen LogP contribution in [0.15, 0.2) is 53.0 Å². The third kappa shape index (κ3) is 4.15. The van der Waals surface area contributed by atoms with E-state index in [9.17, 15) is 4.39 Å². The smallest absolute Gasteiger partial charge is 0.137 e. The minimum Gasteiger partial charge on any atom is -0.306 e. The van der Waals surface area contributed by atoms with Gasteiger partial charge in [-0.2, -0.15) is 0 Å². The maximum Gasteiger partial charge on any atom is 0.137 e. The number of hydrogen-bond acceptors (Lipinski definition) is 1. The number of nitrogens with one attached hydrogen (secondary N) is 1. The molecule has 1 unspecified atom stereocenters. The summed E-state index contributed by atoms with van der Waals surface area (Å²) in [6.07, 6.45) is 2.18. The van der Waals surface area contributed by atoms with Gasteiger partial charge in [-0.1, -0.05) is 49.7 Å². The van der Waals surface area contributed by atoms with Gasteiger partial charge in [-0.05, 0) is 45.6 Å². The second kappa shape index (κ2) is 7.55. The highest BCUT2D eigenvalue weighted by Crippen LogP contribution is 2.20. The molecule has 106 valence electrons. The van der Waals surface area contributed by atoms with E-state index in [-0.39, 0.29) is 5.82 Å². The van der Waals surface area contributed by atoms with Crippen molar-refractivity contribution in [3.63, 3.8) is 0 Å². The number of halogens is 2. The Morgan fingerprint density at radius 2 is 1.90 bits per heavy atom. The molecule has 0 aromatic heterocycles. The third-order valence-corrected chi connectivity index (χ3v) is 3.96. The summed E-state index contributed by atoms with van der Waals surface area (Å²) in [5.41, 5.74) is 2.25. The molecule has 0 saturated carbocycles. The van der Waals surface area contributed by atoms with Gasteiger partial charge in [-0.15, -0.1) is 0 Å². The highest BCUT2D eigenvalue weighted by atomic mass is 79.9. The monoisotopic (exact) mass is 335 g/mol. The lowest BCUT2D eigenvalue weighted by molar-refractivity contribution is 0.492. The van der Waals surface area contributed by atoms with E-state index < -0.39 is 0 Å². The van der Waals surface area contributed by atoms with Crippen LogP contribution in [0, 0.1) is 5.82 Å². The first kappa shape index (κ1) is 15.2. The highest BCUT2D eigenvalue weighted by Gasteiger charge is 2.10. The first-order chi connectivity index (χ1) is 9.70. The van der Waals surface area contributed by atoms with Gasteiger partial charge in [0.1, 0.15) is 5.82 Å². The van der Waals surface area contributed by atoms with Gasteiger partial charge in [-0.3, -0.25) is 0 Å². The van der Waals surface area contributed by atoms with E-state index in [0.717, 1.165) is 18.4 Å². The third-order valence-electron chi connectivity index (χ3n) is 3.32. The summed E-state index contributed by atoms with van der Waals surface area (Å²) in [5.74, 6) is -0.212. The van der Waals surface area contributed by atoms with E-state index in [1.807, 2.05) is 12.1 Å². The molecule has 1 N–H and O–H groups in total. The molecule has 0 bridgehead atoms. The maximum atomic E-state index is 13.5. The molecule has 0 aliphatic heterocycles. The standard InChI is InChI=1S/C17H19BrFN/c1-2-6-17(14-7-4-3-5-8-14)20-12-13-9-10-15(18)16(19)11-13/h3-5,7-11,17,20H,2,6,12H2,1H3. The van der Waals surface area contributed by atoms with Crippen molar-refractivity contribution in [1.82, 2.24) is 5.32 Å². The summed E-state index contributed by atoms with van der Waals surface area (Å²) in [5, 5.41) is 3.52. The Morgan fingerprint density at radius 3 is 2.55 bits per heavy atom. The molecular weight excluding hydrogens is 317 g/mol. The van der Waals surface area contributed by atoms with Gasteiger partial charge in [0.15, 0.2) is 0 Å². The molecule has 2 aromatic rings. The summed E-state index contributed by atoms with van der Waals surface area (Å²) in [6.45, 7) is 2.85. The Morgan fingerprint density at radius 1 is 1.15 bits per heavy atom. The molecule has 0 saturated heterocycles. The van der Waals surface area contributed by atoms with Crippen LogP contribution < -0.4 is 5.32 Å². The summed E-state index contributed by atoms with van der Waals surface area (Å²) in [4.78, 5) is 0. The quantitative estimate of drug-likeness (QED) is 0.763. The summed E-state index contributed by atoms with van der Waals surface area (Å²) >= 11 is 3.18. The molecule has 0 aliphatic rings. The van der Waals surface area contributed by atoms with Gasteiger partial charge >= 0.3 is 0 Å². The first-order valence-corrected chi connectivity index (χ1v) is 7.72. The molecule has 0 amide bonds. The number of rotatable bonds is 6. The molecule has 0 fully saturated rings. The first-order valence-electron chi connectivity index (χ1n) is 6.93. The van der Waals surface area contributed by atoms with E-state index in [1.54, 1.807) is 12.1 Å². The van der Waals surface area contributed by atoms with Gasteiger partial charge in [0.2, 0.25) is 0 Å². The molecule has 20 heavy (non-hydrogen) atoms. The Hall–Kier alpha value is -1.19. The van der Waals surface area contributed by atoms with E-state index >= 15 is 0 Å². The Bertz CT molecular complexity index is 542. The molecule has 1 atom stereocenters. The lowest BCUT2D eigenvalue weighted by Gasteiger charge is -2.18. The molecule has 2 aromatic carbocycles. The minimum atomic E-state index is -0.212. The van der Waals surface area contributed by atoms with Crippen LogP contribution in [0.2, 0.25) is 0 Å². The fourth-order valence-electron chi connectivity index (χ4n) is 2.25. The molecule has 0 radical (unpaired) electrons. The van der Waals surface area contributed by atoms with E-state index in [0.29, 0.717) is 17.1 Å². The molecule has 3 heteroatoms. The fraction of sp³-hybridized carbons (Fsp3) is 0.294. The zero-order valence-corrected chi connectivity index (χ0v) is 13.2. The average Bonchev–Trinajstić information content (AvgIpc) is 2.48. The van der Waals surface area contributed by atoms with Crippen molar-refractivity contribution >= 4 is 15.9 Å². The van der Waals surface area contributed by atoms with Gasteiger partial charge in [0, 0.05) is 12.6 Å². The fourth-order valence-corrected chi connectivity index (χ4v) is 2.50. The minimum absolute atomic E-state index is 0.212. The zero-order chi connectivity index (χ0) is 14.4. The SMILES string of the molecule is CCCC(NCc1ccc(Br)c(F)c1)c1ccccc1. The molecule has 1 nitrogen and oxygen atoms in total. The van der Waals surface area contributed by atoms with Crippen LogP contribution in [0.5, 0.6) is 0 Å². The van der Waals surface area contributed by atoms with Crippen LogP contribution in [-0.4, -0.2) is 0 Å². The van der Waals surface area contributed by atoms with E-state index in [4.69, 9.17) is 0 Å². The Labute approximate surface area is 128 Å². The molecule has 0 aliphatic carbocycles. The van der Waals surface area contributed by atoms with Crippen molar-refractivity contribution in [2.24, 2.45) is 0 Å². The average molecular weight is 336 g/mol. The van der Waals surface area contributed by atoms with Crippen molar-refractivity contribution in [3.05, 3.63) is 69.9 Å². The van der Waals surface area contributed by atoms with Crippen molar-refractivity contribution in [2.75, 3.05) is 0 Å². The maximum absolute atomic E-state index is 13.5.